The molecule has 16 heavy (non-hydrogen) atoms. The third-order valence-electron chi connectivity index (χ3n) is 3.01. The molecule has 0 saturated heterocycles. The zero-order valence-electron chi connectivity index (χ0n) is 8.70. The molecule has 0 atom stereocenters. The predicted molar refractivity (Wildman–Crippen MR) is 61.3 cm³/mol. The molecule has 84 valence electrons. The number of aliphatic hydroxyl groups is 1. The van der Waals surface area contributed by atoms with E-state index < -0.39 is 0 Å². The van der Waals surface area contributed by atoms with Gasteiger partial charge < -0.3 is 10.4 Å². The summed E-state index contributed by atoms with van der Waals surface area (Å²) < 4.78 is 0. The maximum atomic E-state index is 9.32. The fourth-order valence-electron chi connectivity index (χ4n) is 1.79. The van der Waals surface area contributed by atoms with Gasteiger partial charge in [0.25, 0.3) is 0 Å². The first-order valence-corrected chi connectivity index (χ1v) is 5.52. The Morgan fingerprint density at radius 3 is 2.88 bits per heavy atom. The van der Waals surface area contributed by atoms with Gasteiger partial charge in [0.15, 0.2) is 0 Å². The lowest BCUT2D eigenvalue weighted by Gasteiger charge is -2.41. The fourth-order valence-corrected chi connectivity index (χ4v) is 2.00. The number of halogens is 1. The quantitative estimate of drug-likeness (QED) is 0.843. The summed E-state index contributed by atoms with van der Waals surface area (Å²) >= 11 is 6.02. The average Bonchev–Trinajstić information content (AvgIpc) is 2.25. The molecule has 1 aromatic rings. The van der Waals surface area contributed by atoms with Crippen molar-refractivity contribution in [3.63, 3.8) is 0 Å². The van der Waals surface area contributed by atoms with Gasteiger partial charge in [-0.15, -0.1) is 0 Å². The smallest absolute Gasteiger partial charge is 0.146 e. The van der Waals surface area contributed by atoms with Crippen molar-refractivity contribution in [1.82, 2.24) is 4.98 Å². The third kappa shape index (κ3) is 1.84. The number of hydrogen-bond acceptors (Lipinski definition) is 4. The number of pyridine rings is 1. The highest BCUT2D eigenvalue weighted by atomic mass is 35.5. The molecule has 0 spiro atoms. The van der Waals surface area contributed by atoms with Gasteiger partial charge >= 0.3 is 0 Å². The molecular formula is C11H12ClN3O. The molecule has 1 aliphatic rings. The van der Waals surface area contributed by atoms with Gasteiger partial charge in [-0.25, -0.2) is 4.98 Å². The van der Waals surface area contributed by atoms with Crippen molar-refractivity contribution in [2.75, 3.05) is 11.9 Å². The molecular weight excluding hydrogens is 226 g/mol. The molecule has 2 N–H and O–H groups in total. The van der Waals surface area contributed by atoms with Gasteiger partial charge in [-0.3, -0.25) is 0 Å². The molecule has 0 amide bonds. The van der Waals surface area contributed by atoms with Crippen molar-refractivity contribution in [2.45, 2.75) is 24.8 Å². The van der Waals surface area contributed by atoms with Crippen molar-refractivity contribution in [3.8, 4) is 6.07 Å². The summed E-state index contributed by atoms with van der Waals surface area (Å²) in [5.41, 5.74) is 0.0941. The number of nitrogens with zero attached hydrogens (tertiary/aromatic N) is 2. The largest absolute Gasteiger partial charge is 0.394 e. The van der Waals surface area contributed by atoms with Gasteiger partial charge in [0.05, 0.1) is 17.7 Å². The summed E-state index contributed by atoms with van der Waals surface area (Å²) in [6, 6.07) is 3.57. The van der Waals surface area contributed by atoms with Crippen LogP contribution in [0.4, 0.5) is 5.82 Å². The van der Waals surface area contributed by atoms with Crippen molar-refractivity contribution >= 4 is 17.4 Å². The van der Waals surface area contributed by atoms with Gasteiger partial charge in [-0.1, -0.05) is 11.6 Å². The Bertz CT molecular complexity index is 432. The summed E-state index contributed by atoms with van der Waals surface area (Å²) in [7, 11) is 0. The highest BCUT2D eigenvalue weighted by Gasteiger charge is 2.37. The molecule has 1 saturated carbocycles. The first-order chi connectivity index (χ1) is 7.71. The predicted octanol–water partition coefficient (Wildman–Crippen LogP) is 1.93. The SMILES string of the molecule is N#Cc1ccnc(NC2(CO)CCC2)c1Cl. The third-order valence-corrected chi connectivity index (χ3v) is 3.39. The van der Waals surface area contributed by atoms with E-state index in [2.05, 4.69) is 10.3 Å². The maximum Gasteiger partial charge on any atom is 0.146 e. The molecule has 0 aromatic carbocycles. The summed E-state index contributed by atoms with van der Waals surface area (Å²) in [4.78, 5) is 4.10. The molecule has 1 heterocycles. The number of hydrogen-bond donors (Lipinski definition) is 2. The Labute approximate surface area is 98.9 Å². The molecule has 0 unspecified atom stereocenters. The molecule has 4 nitrogen and oxygen atoms in total. The van der Waals surface area contributed by atoms with Crippen LogP contribution in [0.2, 0.25) is 5.02 Å². The fraction of sp³-hybridized carbons (Fsp3) is 0.455. The molecule has 2 rings (SSSR count). The average molecular weight is 238 g/mol. The van der Waals surface area contributed by atoms with E-state index in [-0.39, 0.29) is 12.1 Å². The first kappa shape index (κ1) is 11.2. The number of nitrogens with one attached hydrogen (secondary N) is 1. The van der Waals surface area contributed by atoms with Crippen molar-refractivity contribution in [1.29, 1.82) is 5.26 Å². The summed E-state index contributed by atoms with van der Waals surface area (Å²) in [5.74, 6) is 0.481. The molecule has 0 aliphatic heterocycles. The Morgan fingerprint density at radius 1 is 1.62 bits per heavy atom. The van der Waals surface area contributed by atoms with Crippen LogP contribution in [-0.2, 0) is 0 Å². The Hall–Kier alpha value is -1.31. The number of aliphatic hydroxyl groups excluding tert-OH is 1. The second kappa shape index (κ2) is 4.28. The first-order valence-electron chi connectivity index (χ1n) is 5.14. The van der Waals surface area contributed by atoms with Crippen LogP contribution in [0.3, 0.4) is 0 Å². The minimum absolute atomic E-state index is 0.0573. The minimum Gasteiger partial charge on any atom is -0.394 e. The van der Waals surface area contributed by atoms with E-state index in [4.69, 9.17) is 16.9 Å². The monoisotopic (exact) mass is 237 g/mol. The van der Waals surface area contributed by atoms with E-state index >= 15 is 0 Å². The van der Waals surface area contributed by atoms with E-state index in [1.165, 1.54) is 6.20 Å². The zero-order chi connectivity index (χ0) is 11.6. The van der Waals surface area contributed by atoms with E-state index in [0.29, 0.717) is 16.4 Å². The van der Waals surface area contributed by atoms with Crippen LogP contribution in [-0.4, -0.2) is 22.2 Å². The van der Waals surface area contributed by atoms with Crippen LogP contribution in [0, 0.1) is 11.3 Å². The van der Waals surface area contributed by atoms with E-state index in [1.807, 2.05) is 6.07 Å². The highest BCUT2D eigenvalue weighted by Crippen LogP contribution is 2.36. The van der Waals surface area contributed by atoms with Crippen LogP contribution < -0.4 is 5.32 Å². The number of rotatable bonds is 3. The van der Waals surface area contributed by atoms with Crippen LogP contribution in [0.5, 0.6) is 0 Å². The molecule has 5 heteroatoms. The molecule has 1 aliphatic carbocycles. The number of aromatic nitrogens is 1. The molecule has 0 bridgehead atoms. The lowest BCUT2D eigenvalue weighted by atomic mass is 9.77. The molecule has 0 radical (unpaired) electrons. The molecule has 1 aromatic heterocycles. The van der Waals surface area contributed by atoms with E-state index in [0.717, 1.165) is 19.3 Å². The minimum atomic E-state index is -0.301. The summed E-state index contributed by atoms with van der Waals surface area (Å²) in [6.45, 7) is 0.0573. The Morgan fingerprint density at radius 2 is 2.38 bits per heavy atom. The maximum absolute atomic E-state index is 9.32. The summed E-state index contributed by atoms with van der Waals surface area (Å²) in [5, 5.41) is 21.6. The zero-order valence-corrected chi connectivity index (χ0v) is 9.46. The lowest BCUT2D eigenvalue weighted by Crippen LogP contribution is -2.48. The second-order valence-corrected chi connectivity index (χ2v) is 4.43. The second-order valence-electron chi connectivity index (χ2n) is 4.05. The Kier molecular flexibility index (Phi) is 2.99. The van der Waals surface area contributed by atoms with Gasteiger partial charge in [0.2, 0.25) is 0 Å². The van der Waals surface area contributed by atoms with Crippen LogP contribution in [0.25, 0.3) is 0 Å². The molecule has 1 fully saturated rings. The topological polar surface area (TPSA) is 68.9 Å². The normalized spacial score (nSPS) is 17.3. The van der Waals surface area contributed by atoms with Crippen molar-refractivity contribution in [2.24, 2.45) is 0 Å². The van der Waals surface area contributed by atoms with Gasteiger partial charge in [-0.05, 0) is 25.3 Å². The standard InChI is InChI=1S/C11H12ClN3O/c12-9-8(6-13)2-5-14-10(9)15-11(7-16)3-1-4-11/h2,5,16H,1,3-4,7H2,(H,14,15). The Balaban J connectivity index is 2.25. The number of anilines is 1. The highest BCUT2D eigenvalue weighted by molar-refractivity contribution is 6.34. The number of nitriles is 1. The van der Waals surface area contributed by atoms with Crippen molar-refractivity contribution in [3.05, 3.63) is 22.8 Å². The van der Waals surface area contributed by atoms with E-state index in [9.17, 15) is 5.11 Å². The van der Waals surface area contributed by atoms with E-state index in [1.54, 1.807) is 6.07 Å². The van der Waals surface area contributed by atoms with Crippen LogP contribution in [0.1, 0.15) is 24.8 Å². The summed E-state index contributed by atoms with van der Waals surface area (Å²) in [6.07, 6.45) is 4.43. The van der Waals surface area contributed by atoms with Gasteiger partial charge in [0, 0.05) is 6.20 Å². The lowest BCUT2D eigenvalue weighted by molar-refractivity contribution is 0.144. The van der Waals surface area contributed by atoms with Crippen molar-refractivity contribution < 1.29 is 5.11 Å². The van der Waals surface area contributed by atoms with Crippen LogP contribution >= 0.6 is 11.6 Å². The van der Waals surface area contributed by atoms with Crippen LogP contribution in [0.15, 0.2) is 12.3 Å². The van der Waals surface area contributed by atoms with Gasteiger partial charge in [-0.2, -0.15) is 5.26 Å². The van der Waals surface area contributed by atoms with Gasteiger partial charge in [0.1, 0.15) is 16.9 Å².